The molecule has 0 bridgehead atoms. The summed E-state index contributed by atoms with van der Waals surface area (Å²) in [4.78, 5) is 19.8. The van der Waals surface area contributed by atoms with Gasteiger partial charge >= 0.3 is 0 Å². The van der Waals surface area contributed by atoms with Gasteiger partial charge in [0.1, 0.15) is 5.75 Å². The Morgan fingerprint density at radius 3 is 2.66 bits per heavy atom. The summed E-state index contributed by atoms with van der Waals surface area (Å²) >= 11 is 1.48. The quantitative estimate of drug-likeness (QED) is 0.456. The minimum absolute atomic E-state index is 0.167. The lowest BCUT2D eigenvalue weighted by molar-refractivity contribution is 0.0979. The number of aromatic nitrogens is 3. The molecule has 0 aliphatic rings. The van der Waals surface area contributed by atoms with Gasteiger partial charge in [-0.3, -0.25) is 14.4 Å². The number of benzene rings is 2. The van der Waals surface area contributed by atoms with Crippen LogP contribution in [0.25, 0.3) is 10.2 Å². The van der Waals surface area contributed by atoms with Crippen molar-refractivity contribution in [2.45, 2.75) is 26.4 Å². The predicted molar refractivity (Wildman–Crippen MR) is 116 cm³/mol. The normalized spacial score (nSPS) is 11.2. The maximum absolute atomic E-state index is 13.4. The molecule has 2 aromatic carbocycles. The maximum Gasteiger partial charge on any atom is 0.280 e. The van der Waals surface area contributed by atoms with Crippen molar-refractivity contribution < 1.29 is 9.53 Å². The van der Waals surface area contributed by atoms with E-state index in [1.807, 2.05) is 68.6 Å². The summed E-state index contributed by atoms with van der Waals surface area (Å²) in [5.41, 5.74) is 2.25. The van der Waals surface area contributed by atoms with E-state index >= 15 is 0 Å². The minimum Gasteiger partial charge on any atom is -0.497 e. The second-order valence-corrected chi connectivity index (χ2v) is 7.99. The number of hydrogen-bond donors (Lipinski definition) is 0. The standard InChI is InChI=1S/C22H22N4O2S/c1-15(2)26-12-11-18(24-26)21(27)25(14-16-7-5-4-6-8-16)22-23-19-13-17(28-3)9-10-20(19)29-22/h4-13,15H,14H2,1-3H3. The fraction of sp³-hybridized carbons (Fsp3) is 0.227. The summed E-state index contributed by atoms with van der Waals surface area (Å²) < 4.78 is 8.09. The molecule has 0 aliphatic heterocycles. The number of carbonyl (C=O) groups excluding carboxylic acids is 1. The zero-order chi connectivity index (χ0) is 20.4. The first-order chi connectivity index (χ1) is 14.0. The number of nitrogens with zero attached hydrogens (tertiary/aromatic N) is 4. The maximum atomic E-state index is 13.4. The van der Waals surface area contributed by atoms with Crippen LogP contribution < -0.4 is 9.64 Å². The molecule has 0 saturated carbocycles. The molecule has 0 radical (unpaired) electrons. The van der Waals surface area contributed by atoms with Crippen molar-refractivity contribution in [3.63, 3.8) is 0 Å². The zero-order valence-corrected chi connectivity index (χ0v) is 17.4. The molecule has 0 unspecified atom stereocenters. The van der Waals surface area contributed by atoms with Crippen molar-refractivity contribution in [2.24, 2.45) is 0 Å². The van der Waals surface area contributed by atoms with Crippen molar-refractivity contribution in [3.8, 4) is 5.75 Å². The first-order valence-corrected chi connectivity index (χ1v) is 10.2. The van der Waals surface area contributed by atoms with Crippen molar-refractivity contribution in [3.05, 3.63) is 72.1 Å². The second-order valence-electron chi connectivity index (χ2n) is 6.98. The molecule has 0 atom stereocenters. The number of rotatable bonds is 6. The number of fused-ring (bicyclic) bond motifs is 1. The predicted octanol–water partition coefficient (Wildman–Crippen LogP) is 4.93. The zero-order valence-electron chi connectivity index (χ0n) is 16.6. The van der Waals surface area contributed by atoms with Crippen LogP contribution in [0.1, 0.15) is 35.9 Å². The molecule has 0 saturated heterocycles. The van der Waals surface area contributed by atoms with E-state index in [-0.39, 0.29) is 11.9 Å². The molecule has 0 aliphatic carbocycles. The fourth-order valence-electron chi connectivity index (χ4n) is 3.01. The van der Waals surface area contributed by atoms with Gasteiger partial charge < -0.3 is 4.74 Å². The topological polar surface area (TPSA) is 60.2 Å². The minimum atomic E-state index is -0.167. The Hall–Kier alpha value is -3.19. The van der Waals surface area contributed by atoms with Gasteiger partial charge in [0.15, 0.2) is 10.8 Å². The Balaban J connectivity index is 1.74. The van der Waals surface area contributed by atoms with Gasteiger partial charge in [0.2, 0.25) is 0 Å². The van der Waals surface area contributed by atoms with E-state index in [0.717, 1.165) is 21.5 Å². The van der Waals surface area contributed by atoms with Crippen LogP contribution in [0, 0.1) is 0 Å². The first kappa shape index (κ1) is 19.1. The molecule has 0 fully saturated rings. The first-order valence-electron chi connectivity index (χ1n) is 9.40. The van der Waals surface area contributed by atoms with Crippen molar-refractivity contribution >= 4 is 32.6 Å². The molecule has 1 amide bonds. The molecule has 6 nitrogen and oxygen atoms in total. The van der Waals surface area contributed by atoms with Gasteiger partial charge in [-0.1, -0.05) is 41.7 Å². The van der Waals surface area contributed by atoms with Crippen LogP contribution in [0.4, 0.5) is 5.13 Å². The van der Waals surface area contributed by atoms with E-state index in [4.69, 9.17) is 9.72 Å². The lowest BCUT2D eigenvalue weighted by atomic mass is 10.2. The van der Waals surface area contributed by atoms with Gasteiger partial charge in [0.25, 0.3) is 5.91 Å². The molecule has 4 aromatic rings. The average Bonchev–Trinajstić information content (AvgIpc) is 3.39. The Kier molecular flexibility index (Phi) is 5.31. The van der Waals surface area contributed by atoms with E-state index in [1.54, 1.807) is 22.8 Å². The number of hydrogen-bond acceptors (Lipinski definition) is 5. The second kappa shape index (κ2) is 8.05. The summed E-state index contributed by atoms with van der Waals surface area (Å²) in [6.07, 6.45) is 1.84. The highest BCUT2D eigenvalue weighted by molar-refractivity contribution is 7.22. The van der Waals surface area contributed by atoms with Gasteiger partial charge in [-0.2, -0.15) is 5.10 Å². The van der Waals surface area contributed by atoms with Gasteiger partial charge in [-0.05, 0) is 37.6 Å². The third kappa shape index (κ3) is 4.00. The molecule has 0 spiro atoms. The lowest BCUT2D eigenvalue weighted by Crippen LogP contribution is -2.30. The fourth-order valence-corrected chi connectivity index (χ4v) is 3.95. The van der Waals surface area contributed by atoms with E-state index in [1.165, 1.54) is 11.3 Å². The third-order valence-corrected chi connectivity index (χ3v) is 5.66. The van der Waals surface area contributed by atoms with E-state index in [0.29, 0.717) is 17.4 Å². The molecule has 29 heavy (non-hydrogen) atoms. The number of amides is 1. The molecule has 2 aromatic heterocycles. The molecule has 148 valence electrons. The summed E-state index contributed by atoms with van der Waals surface area (Å²) in [7, 11) is 1.63. The number of ether oxygens (including phenoxy) is 1. The van der Waals surface area contributed by atoms with Crippen LogP contribution in [0.15, 0.2) is 60.8 Å². The average molecular weight is 407 g/mol. The monoisotopic (exact) mass is 406 g/mol. The largest absolute Gasteiger partial charge is 0.497 e. The van der Waals surface area contributed by atoms with Crippen LogP contribution in [-0.4, -0.2) is 27.8 Å². The van der Waals surface area contributed by atoms with E-state index in [2.05, 4.69) is 5.10 Å². The van der Waals surface area contributed by atoms with Gasteiger partial charge in [-0.15, -0.1) is 0 Å². The molecule has 0 N–H and O–H groups in total. The molecule has 7 heteroatoms. The van der Waals surface area contributed by atoms with E-state index < -0.39 is 0 Å². The van der Waals surface area contributed by atoms with Crippen LogP contribution >= 0.6 is 11.3 Å². The number of carbonyl (C=O) groups is 1. The van der Waals surface area contributed by atoms with Gasteiger partial charge in [0.05, 0.1) is 23.9 Å². The highest BCUT2D eigenvalue weighted by atomic mass is 32.1. The lowest BCUT2D eigenvalue weighted by Gasteiger charge is -2.19. The number of anilines is 1. The molecule has 2 heterocycles. The number of methoxy groups -OCH3 is 1. The van der Waals surface area contributed by atoms with E-state index in [9.17, 15) is 4.79 Å². The van der Waals surface area contributed by atoms with Gasteiger partial charge in [-0.25, -0.2) is 4.98 Å². The summed E-state index contributed by atoms with van der Waals surface area (Å²) in [5.74, 6) is 0.574. The summed E-state index contributed by atoms with van der Waals surface area (Å²) in [6.45, 7) is 4.49. The van der Waals surface area contributed by atoms with Crippen LogP contribution in [-0.2, 0) is 6.54 Å². The third-order valence-electron chi connectivity index (χ3n) is 4.60. The summed E-state index contributed by atoms with van der Waals surface area (Å²) in [6, 6.07) is 17.6. The SMILES string of the molecule is COc1ccc2sc(N(Cc3ccccc3)C(=O)c3ccn(C(C)C)n3)nc2c1. The Morgan fingerprint density at radius 1 is 1.17 bits per heavy atom. The van der Waals surface area contributed by atoms with Crippen molar-refractivity contribution in [1.29, 1.82) is 0 Å². The van der Waals surface area contributed by atoms with Crippen molar-refractivity contribution in [1.82, 2.24) is 14.8 Å². The van der Waals surface area contributed by atoms with Crippen LogP contribution in [0.2, 0.25) is 0 Å². The highest BCUT2D eigenvalue weighted by Crippen LogP contribution is 2.32. The highest BCUT2D eigenvalue weighted by Gasteiger charge is 2.24. The summed E-state index contributed by atoms with van der Waals surface area (Å²) in [5, 5.41) is 5.10. The van der Waals surface area contributed by atoms with Crippen molar-refractivity contribution in [2.75, 3.05) is 12.0 Å². The molecule has 4 rings (SSSR count). The number of thiazole rings is 1. The smallest absolute Gasteiger partial charge is 0.280 e. The van der Waals surface area contributed by atoms with Crippen LogP contribution in [0.5, 0.6) is 5.75 Å². The molecular formula is C22H22N4O2S. The Bertz CT molecular complexity index is 1130. The van der Waals surface area contributed by atoms with Gasteiger partial charge in [0, 0.05) is 18.3 Å². The molecular weight excluding hydrogens is 384 g/mol. The Labute approximate surface area is 173 Å². The Morgan fingerprint density at radius 2 is 1.97 bits per heavy atom. The van der Waals surface area contributed by atoms with Crippen LogP contribution in [0.3, 0.4) is 0 Å².